The molecule has 0 unspecified atom stereocenters. The molecule has 3 rings (SSSR count). The van der Waals surface area contributed by atoms with Crippen molar-refractivity contribution in [1.29, 1.82) is 0 Å². The first-order valence-electron chi connectivity index (χ1n) is 7.03. The molecule has 1 fully saturated rings. The van der Waals surface area contributed by atoms with Crippen LogP contribution in [0.4, 0.5) is 0 Å². The molecule has 4 heteroatoms. The zero-order valence-corrected chi connectivity index (χ0v) is 11.5. The van der Waals surface area contributed by atoms with E-state index in [9.17, 15) is 4.79 Å². The lowest BCUT2D eigenvalue weighted by atomic mass is 9.96. The van der Waals surface area contributed by atoms with E-state index in [4.69, 9.17) is 4.74 Å². The first-order chi connectivity index (χ1) is 9.75. The number of carbonyl (C=O) groups excluding carboxylic acids is 1. The van der Waals surface area contributed by atoms with Gasteiger partial charge < -0.3 is 9.30 Å². The molecule has 0 saturated heterocycles. The van der Waals surface area contributed by atoms with Gasteiger partial charge in [-0.25, -0.2) is 9.78 Å². The van der Waals surface area contributed by atoms with Gasteiger partial charge in [-0.2, -0.15) is 0 Å². The third kappa shape index (κ3) is 2.46. The summed E-state index contributed by atoms with van der Waals surface area (Å²) >= 11 is 0. The van der Waals surface area contributed by atoms with Crippen LogP contribution < -0.4 is 0 Å². The molecule has 1 saturated carbocycles. The number of ether oxygens (including phenoxy) is 1. The lowest BCUT2D eigenvalue weighted by Crippen LogP contribution is -2.26. The van der Waals surface area contributed by atoms with Gasteiger partial charge >= 0.3 is 5.97 Å². The van der Waals surface area contributed by atoms with Gasteiger partial charge in [-0.05, 0) is 31.7 Å². The van der Waals surface area contributed by atoms with Crippen LogP contribution in [0.5, 0.6) is 0 Å². The van der Waals surface area contributed by atoms with E-state index >= 15 is 0 Å². The van der Waals surface area contributed by atoms with Gasteiger partial charge in [0.25, 0.3) is 0 Å². The van der Waals surface area contributed by atoms with Crippen molar-refractivity contribution in [3.05, 3.63) is 54.1 Å². The third-order valence-corrected chi connectivity index (χ3v) is 3.90. The van der Waals surface area contributed by atoms with Crippen molar-refractivity contribution in [2.75, 3.05) is 0 Å². The number of nitrogens with zero attached hydrogens (tertiary/aromatic N) is 2. The lowest BCUT2D eigenvalue weighted by molar-refractivity contribution is 0.00778. The van der Waals surface area contributed by atoms with Crippen LogP contribution in [0.2, 0.25) is 0 Å². The first kappa shape index (κ1) is 12.9. The Morgan fingerprint density at radius 2 is 2.10 bits per heavy atom. The third-order valence-electron chi connectivity index (χ3n) is 3.90. The summed E-state index contributed by atoms with van der Waals surface area (Å²) < 4.78 is 7.33. The molecule has 1 aliphatic carbocycles. The van der Waals surface area contributed by atoms with E-state index in [1.54, 1.807) is 12.5 Å². The monoisotopic (exact) mass is 270 g/mol. The molecule has 1 aromatic heterocycles. The number of rotatable bonds is 4. The van der Waals surface area contributed by atoms with Gasteiger partial charge in [-0.15, -0.1) is 0 Å². The molecule has 0 aliphatic heterocycles. The molecule has 0 N–H and O–H groups in total. The summed E-state index contributed by atoms with van der Waals surface area (Å²) in [4.78, 5) is 16.3. The Balaban J connectivity index is 1.80. The second-order valence-electron chi connectivity index (χ2n) is 5.23. The number of carbonyl (C=O) groups is 1. The van der Waals surface area contributed by atoms with Gasteiger partial charge in [-0.1, -0.05) is 30.3 Å². The highest BCUT2D eigenvalue weighted by atomic mass is 16.5. The van der Waals surface area contributed by atoms with Crippen LogP contribution in [-0.4, -0.2) is 21.6 Å². The minimum absolute atomic E-state index is 0.0580. The van der Waals surface area contributed by atoms with E-state index in [1.165, 1.54) is 0 Å². The number of aromatic nitrogens is 2. The Labute approximate surface area is 118 Å². The summed E-state index contributed by atoms with van der Waals surface area (Å²) in [5.74, 6) is -0.269. The van der Waals surface area contributed by atoms with Gasteiger partial charge in [0.1, 0.15) is 11.8 Å². The highest BCUT2D eigenvalue weighted by Gasteiger charge is 2.25. The molecule has 2 aromatic rings. The lowest BCUT2D eigenvalue weighted by Gasteiger charge is -2.25. The molecule has 0 bridgehead atoms. The van der Waals surface area contributed by atoms with E-state index in [0.29, 0.717) is 5.69 Å². The van der Waals surface area contributed by atoms with E-state index in [2.05, 4.69) is 11.9 Å². The summed E-state index contributed by atoms with van der Waals surface area (Å²) in [6.45, 7) is 2.05. The maximum atomic E-state index is 12.2. The molecule has 0 radical (unpaired) electrons. The van der Waals surface area contributed by atoms with Crippen molar-refractivity contribution in [3.63, 3.8) is 0 Å². The van der Waals surface area contributed by atoms with E-state index in [0.717, 1.165) is 24.8 Å². The first-order valence-corrected chi connectivity index (χ1v) is 7.03. The Hall–Kier alpha value is -2.10. The average Bonchev–Trinajstić information content (AvgIpc) is 2.92. The zero-order chi connectivity index (χ0) is 13.9. The average molecular weight is 270 g/mol. The van der Waals surface area contributed by atoms with Gasteiger partial charge in [0, 0.05) is 0 Å². The minimum Gasteiger partial charge on any atom is -0.458 e. The molecule has 1 aromatic carbocycles. The summed E-state index contributed by atoms with van der Waals surface area (Å²) in [6, 6.07) is 10.1. The minimum atomic E-state index is -0.269. The summed E-state index contributed by atoms with van der Waals surface area (Å²) in [7, 11) is 0. The molecule has 20 heavy (non-hydrogen) atoms. The molecule has 1 heterocycles. The van der Waals surface area contributed by atoms with Gasteiger partial charge in [0.2, 0.25) is 0 Å². The van der Waals surface area contributed by atoms with Crippen LogP contribution in [0.25, 0.3) is 0 Å². The number of imidazole rings is 1. The maximum Gasteiger partial charge on any atom is 0.356 e. The topological polar surface area (TPSA) is 44.1 Å². The molecule has 0 amide bonds. The standard InChI is InChI=1S/C16H18N2O2/c1-12(13-6-3-2-4-7-13)18-11-17-10-15(18)16(19)20-14-8-5-9-14/h2-4,6-7,10-12,14H,5,8-9H2,1H3/t12-/m1/s1. The van der Waals surface area contributed by atoms with Crippen molar-refractivity contribution < 1.29 is 9.53 Å². The Morgan fingerprint density at radius 3 is 2.75 bits per heavy atom. The van der Waals surface area contributed by atoms with Crippen LogP contribution in [-0.2, 0) is 4.74 Å². The predicted molar refractivity (Wildman–Crippen MR) is 75.5 cm³/mol. The molecule has 0 spiro atoms. The quantitative estimate of drug-likeness (QED) is 0.801. The molecular formula is C16H18N2O2. The summed E-state index contributed by atoms with van der Waals surface area (Å²) in [5, 5.41) is 0. The Morgan fingerprint density at radius 1 is 1.35 bits per heavy atom. The van der Waals surface area contributed by atoms with Gasteiger partial charge in [0.15, 0.2) is 0 Å². The van der Waals surface area contributed by atoms with E-state index in [-0.39, 0.29) is 18.1 Å². The fourth-order valence-corrected chi connectivity index (χ4v) is 2.36. The van der Waals surface area contributed by atoms with Crippen molar-refractivity contribution in [3.8, 4) is 0 Å². The largest absolute Gasteiger partial charge is 0.458 e. The number of hydrogen-bond acceptors (Lipinski definition) is 3. The second-order valence-corrected chi connectivity index (χ2v) is 5.23. The fraction of sp³-hybridized carbons (Fsp3) is 0.375. The van der Waals surface area contributed by atoms with Crippen LogP contribution in [0.15, 0.2) is 42.9 Å². The predicted octanol–water partition coefficient (Wildman–Crippen LogP) is 3.20. The normalized spacial score (nSPS) is 16.4. The van der Waals surface area contributed by atoms with Crippen molar-refractivity contribution in [2.45, 2.75) is 38.3 Å². The number of benzene rings is 1. The summed E-state index contributed by atoms with van der Waals surface area (Å²) in [6.07, 6.45) is 6.48. The summed E-state index contributed by atoms with van der Waals surface area (Å²) in [5.41, 5.74) is 1.66. The Bertz CT molecular complexity index is 588. The highest BCUT2D eigenvalue weighted by Crippen LogP contribution is 2.24. The highest BCUT2D eigenvalue weighted by molar-refractivity contribution is 5.87. The smallest absolute Gasteiger partial charge is 0.356 e. The van der Waals surface area contributed by atoms with E-state index < -0.39 is 0 Å². The SMILES string of the molecule is C[C@H](c1ccccc1)n1cncc1C(=O)OC1CCC1. The van der Waals surface area contributed by atoms with E-state index in [1.807, 2.05) is 34.9 Å². The van der Waals surface area contributed by atoms with Crippen LogP contribution in [0.3, 0.4) is 0 Å². The second kappa shape index (κ2) is 5.49. The number of hydrogen-bond donors (Lipinski definition) is 0. The molecule has 1 aliphatic rings. The molecule has 4 nitrogen and oxygen atoms in total. The maximum absolute atomic E-state index is 12.2. The van der Waals surface area contributed by atoms with Crippen LogP contribution in [0, 0.1) is 0 Å². The zero-order valence-electron chi connectivity index (χ0n) is 11.5. The Kier molecular flexibility index (Phi) is 3.54. The van der Waals surface area contributed by atoms with Gasteiger partial charge in [0.05, 0.1) is 18.6 Å². The fourth-order valence-electron chi connectivity index (χ4n) is 2.36. The number of esters is 1. The molecular weight excluding hydrogens is 252 g/mol. The van der Waals surface area contributed by atoms with Crippen molar-refractivity contribution in [1.82, 2.24) is 9.55 Å². The van der Waals surface area contributed by atoms with Crippen molar-refractivity contribution >= 4 is 5.97 Å². The van der Waals surface area contributed by atoms with Crippen molar-refractivity contribution in [2.24, 2.45) is 0 Å². The van der Waals surface area contributed by atoms with Gasteiger partial charge in [-0.3, -0.25) is 0 Å². The van der Waals surface area contributed by atoms with Crippen LogP contribution >= 0.6 is 0 Å². The van der Waals surface area contributed by atoms with Crippen LogP contribution in [0.1, 0.15) is 48.3 Å². The molecule has 104 valence electrons. The molecule has 1 atom stereocenters.